The Bertz CT molecular complexity index is 646. The Hall–Kier alpha value is -2.01. The molecule has 0 aromatic heterocycles. The van der Waals surface area contributed by atoms with E-state index in [4.69, 9.17) is 9.47 Å². The molecule has 5 heteroatoms. The fraction of sp³-hybridized carbons (Fsp3) is 0.250. The minimum absolute atomic E-state index is 0.149. The molecule has 0 amide bonds. The first-order chi connectivity index (χ1) is 9.88. The Labute approximate surface area is 120 Å². The number of ether oxygens (including phenoxy) is 2. The van der Waals surface area contributed by atoms with E-state index in [-0.39, 0.29) is 11.3 Å². The predicted octanol–water partition coefficient (Wildman–Crippen LogP) is 4.74. The van der Waals surface area contributed by atoms with Gasteiger partial charge in [-0.2, -0.15) is 13.2 Å². The van der Waals surface area contributed by atoms with Crippen LogP contribution in [0, 0.1) is 0 Å². The first-order valence-electron chi connectivity index (χ1n) is 6.47. The van der Waals surface area contributed by atoms with E-state index in [9.17, 15) is 13.2 Å². The van der Waals surface area contributed by atoms with Gasteiger partial charge in [-0.25, -0.2) is 0 Å². The molecule has 0 radical (unpaired) electrons. The van der Waals surface area contributed by atoms with Gasteiger partial charge in [0, 0.05) is 0 Å². The molecule has 0 saturated carbocycles. The topological polar surface area (TPSA) is 21.8 Å². The van der Waals surface area contributed by atoms with Crippen molar-refractivity contribution in [1.29, 1.82) is 0 Å². The lowest BCUT2D eigenvalue weighted by Crippen LogP contribution is -2.15. The predicted molar refractivity (Wildman–Crippen MR) is 71.3 cm³/mol. The molecule has 1 aliphatic rings. The van der Waals surface area contributed by atoms with Gasteiger partial charge in [-0.15, -0.1) is 0 Å². The van der Waals surface area contributed by atoms with E-state index in [1.165, 1.54) is 12.1 Å². The summed E-state index contributed by atoms with van der Waals surface area (Å²) in [5.41, 5.74) is -1.40. The van der Waals surface area contributed by atoms with Gasteiger partial charge in [0.15, 0.2) is 0 Å². The van der Waals surface area contributed by atoms with Crippen LogP contribution in [0.25, 0.3) is 0 Å². The number of rotatable bonds is 3. The van der Waals surface area contributed by atoms with Crippen molar-refractivity contribution in [2.45, 2.75) is 18.7 Å². The van der Waals surface area contributed by atoms with Crippen LogP contribution >= 0.6 is 0 Å². The third-order valence-corrected chi connectivity index (χ3v) is 3.42. The van der Waals surface area contributed by atoms with Crippen molar-refractivity contribution < 1.29 is 22.6 Å². The van der Waals surface area contributed by atoms with E-state index >= 15 is 0 Å². The van der Waals surface area contributed by atoms with Gasteiger partial charge >= 0.3 is 6.18 Å². The normalized spacial score (nSPS) is 21.1. The molecule has 110 valence electrons. The second kappa shape index (κ2) is 4.77. The Morgan fingerprint density at radius 2 is 1.71 bits per heavy atom. The number of epoxide rings is 1. The third kappa shape index (κ3) is 2.88. The van der Waals surface area contributed by atoms with Crippen LogP contribution in [0.1, 0.15) is 18.1 Å². The lowest BCUT2D eigenvalue weighted by Gasteiger charge is -2.17. The molecule has 3 rings (SSSR count). The Kier molecular flexibility index (Phi) is 3.17. The quantitative estimate of drug-likeness (QED) is 0.762. The van der Waals surface area contributed by atoms with Gasteiger partial charge in [0.25, 0.3) is 0 Å². The molecule has 1 unspecified atom stereocenters. The molecular formula is C16H13F3O2. The highest BCUT2D eigenvalue weighted by molar-refractivity contribution is 5.43. The van der Waals surface area contributed by atoms with Crippen molar-refractivity contribution in [2.24, 2.45) is 0 Å². The minimum Gasteiger partial charge on any atom is -0.457 e. The molecule has 0 aliphatic carbocycles. The molecule has 21 heavy (non-hydrogen) atoms. The van der Waals surface area contributed by atoms with Gasteiger partial charge < -0.3 is 9.47 Å². The van der Waals surface area contributed by atoms with Gasteiger partial charge in [0.1, 0.15) is 17.1 Å². The van der Waals surface area contributed by atoms with Crippen molar-refractivity contribution in [3.05, 3.63) is 59.7 Å². The molecule has 0 N–H and O–H groups in total. The van der Waals surface area contributed by atoms with Crippen LogP contribution in [0.4, 0.5) is 13.2 Å². The lowest BCUT2D eigenvalue weighted by molar-refractivity contribution is -0.138. The Balaban J connectivity index is 1.97. The number of para-hydroxylation sites is 1. The average molecular weight is 294 g/mol. The molecule has 1 heterocycles. The maximum atomic E-state index is 13.2. The van der Waals surface area contributed by atoms with E-state index in [1.54, 1.807) is 31.2 Å². The summed E-state index contributed by atoms with van der Waals surface area (Å²) < 4.78 is 50.2. The fourth-order valence-corrected chi connectivity index (χ4v) is 2.17. The van der Waals surface area contributed by atoms with Crippen LogP contribution in [0.2, 0.25) is 0 Å². The van der Waals surface area contributed by atoms with Gasteiger partial charge in [-0.3, -0.25) is 0 Å². The molecule has 2 aromatic rings. The summed E-state index contributed by atoms with van der Waals surface area (Å²) in [7, 11) is 0. The summed E-state index contributed by atoms with van der Waals surface area (Å²) in [4.78, 5) is 0. The molecular weight excluding hydrogens is 281 g/mol. The van der Waals surface area contributed by atoms with Crippen LogP contribution in [0.3, 0.4) is 0 Å². The van der Waals surface area contributed by atoms with Crippen molar-refractivity contribution in [1.82, 2.24) is 0 Å². The van der Waals surface area contributed by atoms with Crippen LogP contribution in [0.5, 0.6) is 11.5 Å². The highest BCUT2D eigenvalue weighted by Crippen LogP contribution is 2.46. The molecule has 1 saturated heterocycles. The molecule has 1 atom stereocenters. The minimum atomic E-state index is -4.44. The average Bonchev–Trinajstić information content (AvgIpc) is 3.18. The SMILES string of the molecule is CC1(c2ccc(Oc3ccccc3)cc2C(F)(F)F)CO1. The van der Waals surface area contributed by atoms with E-state index in [0.717, 1.165) is 6.07 Å². The van der Waals surface area contributed by atoms with Gasteiger partial charge in [0.05, 0.1) is 12.2 Å². The number of hydrogen-bond donors (Lipinski definition) is 0. The van der Waals surface area contributed by atoms with Crippen LogP contribution in [-0.2, 0) is 16.5 Å². The number of hydrogen-bond acceptors (Lipinski definition) is 2. The van der Waals surface area contributed by atoms with E-state index in [0.29, 0.717) is 12.4 Å². The number of benzene rings is 2. The Morgan fingerprint density at radius 1 is 1.05 bits per heavy atom. The fourth-order valence-electron chi connectivity index (χ4n) is 2.17. The third-order valence-electron chi connectivity index (χ3n) is 3.42. The monoisotopic (exact) mass is 294 g/mol. The second-order valence-electron chi connectivity index (χ2n) is 5.14. The summed E-state index contributed by atoms with van der Waals surface area (Å²) in [6, 6.07) is 12.7. The molecule has 0 spiro atoms. The largest absolute Gasteiger partial charge is 0.457 e. The van der Waals surface area contributed by atoms with Crippen molar-refractivity contribution in [2.75, 3.05) is 6.61 Å². The molecule has 2 aromatic carbocycles. The molecule has 1 fully saturated rings. The second-order valence-corrected chi connectivity index (χ2v) is 5.14. The zero-order chi connectivity index (χ0) is 15.1. The maximum absolute atomic E-state index is 13.2. The van der Waals surface area contributed by atoms with E-state index in [2.05, 4.69) is 0 Å². The van der Waals surface area contributed by atoms with Crippen LogP contribution < -0.4 is 4.74 Å². The first kappa shape index (κ1) is 13.9. The highest BCUT2D eigenvalue weighted by atomic mass is 19.4. The summed E-state index contributed by atoms with van der Waals surface area (Å²) in [6.45, 7) is 1.95. The Morgan fingerprint density at radius 3 is 2.29 bits per heavy atom. The lowest BCUT2D eigenvalue weighted by atomic mass is 9.95. The molecule has 1 aliphatic heterocycles. The van der Waals surface area contributed by atoms with Gasteiger partial charge in [-0.1, -0.05) is 24.3 Å². The van der Waals surface area contributed by atoms with Crippen molar-refractivity contribution in [3.63, 3.8) is 0 Å². The number of alkyl halides is 3. The van der Waals surface area contributed by atoms with Crippen molar-refractivity contribution in [3.8, 4) is 11.5 Å². The zero-order valence-corrected chi connectivity index (χ0v) is 11.3. The highest BCUT2D eigenvalue weighted by Gasteiger charge is 2.47. The summed E-state index contributed by atoms with van der Waals surface area (Å²) >= 11 is 0. The summed E-state index contributed by atoms with van der Waals surface area (Å²) in [5.74, 6) is 0.647. The smallest absolute Gasteiger partial charge is 0.416 e. The summed E-state index contributed by atoms with van der Waals surface area (Å²) in [5, 5.41) is 0. The summed E-state index contributed by atoms with van der Waals surface area (Å²) in [6.07, 6.45) is -4.44. The van der Waals surface area contributed by atoms with Crippen LogP contribution in [-0.4, -0.2) is 6.61 Å². The maximum Gasteiger partial charge on any atom is 0.416 e. The zero-order valence-electron chi connectivity index (χ0n) is 11.3. The van der Waals surface area contributed by atoms with E-state index < -0.39 is 17.3 Å². The van der Waals surface area contributed by atoms with Crippen LogP contribution in [0.15, 0.2) is 48.5 Å². The standard InChI is InChI=1S/C16H13F3O2/c1-15(10-20-15)13-8-7-12(9-14(13)16(17,18)19)21-11-5-3-2-4-6-11/h2-9H,10H2,1H3. The van der Waals surface area contributed by atoms with E-state index in [1.807, 2.05) is 6.07 Å². The molecule has 2 nitrogen and oxygen atoms in total. The van der Waals surface area contributed by atoms with Crippen molar-refractivity contribution >= 4 is 0 Å². The molecule has 0 bridgehead atoms. The van der Waals surface area contributed by atoms with Gasteiger partial charge in [0.2, 0.25) is 0 Å². The first-order valence-corrected chi connectivity index (χ1v) is 6.47. The van der Waals surface area contributed by atoms with Gasteiger partial charge in [-0.05, 0) is 36.8 Å². The number of halogens is 3.